The lowest BCUT2D eigenvalue weighted by Crippen LogP contribution is -2.24. The zero-order chi connectivity index (χ0) is 13.7. The second kappa shape index (κ2) is 5.94. The van der Waals surface area contributed by atoms with Crippen LogP contribution in [0, 0.1) is 6.92 Å². The lowest BCUT2D eigenvalue weighted by molar-refractivity contribution is 0.0950. The van der Waals surface area contributed by atoms with Gasteiger partial charge in [0.15, 0.2) is 5.82 Å². The zero-order valence-corrected chi connectivity index (χ0v) is 10.8. The Bertz CT molecular complexity index is 567. The number of aryl methyl sites for hydroxylation is 1. The van der Waals surface area contributed by atoms with Gasteiger partial charge in [-0.25, -0.2) is 0 Å². The molecule has 0 saturated heterocycles. The molecule has 0 aliphatic carbocycles. The quantitative estimate of drug-likeness (QED) is 0.838. The van der Waals surface area contributed by atoms with Crippen LogP contribution in [-0.4, -0.2) is 27.6 Å². The van der Waals surface area contributed by atoms with Crippen molar-refractivity contribution < 1.29 is 9.32 Å². The molecular weight excluding hydrogens is 246 g/mol. The molecule has 2 N–H and O–H groups in total. The minimum absolute atomic E-state index is 0.219. The summed E-state index contributed by atoms with van der Waals surface area (Å²) in [6, 6.07) is 1.76. The Morgan fingerprint density at radius 2 is 2.32 bits per heavy atom. The molecule has 0 fully saturated rings. The summed E-state index contributed by atoms with van der Waals surface area (Å²) in [5, 5.41) is 9.54. The summed E-state index contributed by atoms with van der Waals surface area (Å²) in [4.78, 5) is 20.0. The SMILES string of the molecule is CCNc1ccncc1C(=O)NCc1noc(C)n1. The van der Waals surface area contributed by atoms with Crippen molar-refractivity contribution in [3.63, 3.8) is 0 Å². The molecule has 0 aromatic carbocycles. The van der Waals surface area contributed by atoms with Crippen LogP contribution >= 0.6 is 0 Å². The van der Waals surface area contributed by atoms with E-state index >= 15 is 0 Å². The molecule has 2 aromatic rings. The molecule has 2 aromatic heterocycles. The maximum absolute atomic E-state index is 12.0. The molecule has 19 heavy (non-hydrogen) atoms. The fourth-order valence-electron chi connectivity index (χ4n) is 1.59. The van der Waals surface area contributed by atoms with E-state index in [1.807, 2.05) is 6.92 Å². The number of hydrogen-bond acceptors (Lipinski definition) is 6. The minimum Gasteiger partial charge on any atom is -0.385 e. The molecule has 100 valence electrons. The summed E-state index contributed by atoms with van der Waals surface area (Å²) < 4.78 is 4.83. The van der Waals surface area contributed by atoms with E-state index in [-0.39, 0.29) is 12.5 Å². The number of carbonyl (C=O) groups excluding carboxylic acids is 1. The van der Waals surface area contributed by atoms with Crippen LogP contribution in [0.25, 0.3) is 0 Å². The summed E-state index contributed by atoms with van der Waals surface area (Å²) in [7, 11) is 0. The molecule has 0 saturated carbocycles. The predicted molar refractivity (Wildman–Crippen MR) is 68.6 cm³/mol. The molecule has 1 amide bonds. The largest absolute Gasteiger partial charge is 0.385 e. The van der Waals surface area contributed by atoms with Gasteiger partial charge in [-0.3, -0.25) is 9.78 Å². The second-order valence-corrected chi connectivity index (χ2v) is 3.86. The molecular formula is C12H15N5O2. The highest BCUT2D eigenvalue weighted by Gasteiger charge is 2.12. The molecule has 0 unspecified atom stereocenters. The minimum atomic E-state index is -0.230. The van der Waals surface area contributed by atoms with Crippen molar-refractivity contribution in [3.8, 4) is 0 Å². The molecule has 7 heteroatoms. The van der Waals surface area contributed by atoms with Crippen LogP contribution in [0.3, 0.4) is 0 Å². The van der Waals surface area contributed by atoms with Crippen molar-refractivity contribution in [1.29, 1.82) is 0 Å². The first-order valence-corrected chi connectivity index (χ1v) is 5.96. The molecule has 0 atom stereocenters. The third-order valence-corrected chi connectivity index (χ3v) is 2.41. The van der Waals surface area contributed by atoms with E-state index < -0.39 is 0 Å². The lowest BCUT2D eigenvalue weighted by Gasteiger charge is -2.09. The van der Waals surface area contributed by atoms with Crippen molar-refractivity contribution >= 4 is 11.6 Å². The number of rotatable bonds is 5. The average molecular weight is 261 g/mol. The van der Waals surface area contributed by atoms with Crippen LogP contribution in [0.2, 0.25) is 0 Å². The molecule has 0 bridgehead atoms. The van der Waals surface area contributed by atoms with E-state index in [0.717, 1.165) is 12.2 Å². The maximum atomic E-state index is 12.0. The van der Waals surface area contributed by atoms with E-state index in [1.165, 1.54) is 6.20 Å². The first-order valence-electron chi connectivity index (χ1n) is 5.96. The number of carbonyl (C=O) groups is 1. The fraction of sp³-hybridized carbons (Fsp3) is 0.333. The van der Waals surface area contributed by atoms with Gasteiger partial charge in [0.2, 0.25) is 5.89 Å². The number of nitrogens with one attached hydrogen (secondary N) is 2. The van der Waals surface area contributed by atoms with Gasteiger partial charge in [0.1, 0.15) is 0 Å². The third kappa shape index (κ3) is 3.27. The Morgan fingerprint density at radius 1 is 1.47 bits per heavy atom. The smallest absolute Gasteiger partial charge is 0.255 e. The Labute approximate surface area is 110 Å². The standard InChI is InChI=1S/C12H15N5O2/c1-3-14-10-4-5-13-6-9(10)12(18)15-7-11-16-8(2)19-17-11/h4-6H,3,7H2,1-2H3,(H,13,14)(H,15,18). The average Bonchev–Trinajstić information content (AvgIpc) is 2.83. The van der Waals surface area contributed by atoms with Crippen molar-refractivity contribution in [1.82, 2.24) is 20.4 Å². The Kier molecular flexibility index (Phi) is 4.07. The first kappa shape index (κ1) is 13.0. The molecule has 0 spiro atoms. The van der Waals surface area contributed by atoms with Gasteiger partial charge in [0, 0.05) is 25.9 Å². The van der Waals surface area contributed by atoms with Crippen LogP contribution < -0.4 is 10.6 Å². The number of aromatic nitrogens is 3. The van der Waals surface area contributed by atoms with Gasteiger partial charge < -0.3 is 15.2 Å². The van der Waals surface area contributed by atoms with Gasteiger partial charge in [-0.05, 0) is 13.0 Å². The summed E-state index contributed by atoms with van der Waals surface area (Å²) in [6.45, 7) is 4.61. The van der Waals surface area contributed by atoms with Gasteiger partial charge in [-0.2, -0.15) is 4.98 Å². The number of anilines is 1. The van der Waals surface area contributed by atoms with Gasteiger partial charge in [0.25, 0.3) is 5.91 Å². The van der Waals surface area contributed by atoms with E-state index in [1.54, 1.807) is 19.2 Å². The van der Waals surface area contributed by atoms with E-state index in [9.17, 15) is 4.79 Å². The van der Waals surface area contributed by atoms with E-state index in [4.69, 9.17) is 4.52 Å². The molecule has 0 aliphatic heterocycles. The molecule has 2 heterocycles. The number of nitrogens with zero attached hydrogens (tertiary/aromatic N) is 3. The monoisotopic (exact) mass is 261 g/mol. The molecule has 7 nitrogen and oxygen atoms in total. The van der Waals surface area contributed by atoms with Gasteiger partial charge in [-0.1, -0.05) is 5.16 Å². The topological polar surface area (TPSA) is 92.9 Å². The van der Waals surface area contributed by atoms with E-state index in [0.29, 0.717) is 17.3 Å². The van der Waals surface area contributed by atoms with Crippen LogP contribution in [0.5, 0.6) is 0 Å². The summed E-state index contributed by atoms with van der Waals surface area (Å²) in [6.07, 6.45) is 3.16. The molecule has 2 rings (SSSR count). The highest BCUT2D eigenvalue weighted by molar-refractivity contribution is 5.99. The molecule has 0 radical (unpaired) electrons. The van der Waals surface area contributed by atoms with E-state index in [2.05, 4.69) is 25.8 Å². The van der Waals surface area contributed by atoms with Crippen LogP contribution in [0.4, 0.5) is 5.69 Å². The van der Waals surface area contributed by atoms with Crippen LogP contribution in [0.1, 0.15) is 29.0 Å². The third-order valence-electron chi connectivity index (χ3n) is 2.41. The van der Waals surface area contributed by atoms with Crippen LogP contribution in [-0.2, 0) is 6.54 Å². The van der Waals surface area contributed by atoms with Crippen molar-refractivity contribution in [3.05, 3.63) is 35.7 Å². The number of hydrogen-bond donors (Lipinski definition) is 2. The Morgan fingerprint density at radius 3 is 3.00 bits per heavy atom. The van der Waals surface area contributed by atoms with Gasteiger partial charge in [0.05, 0.1) is 17.8 Å². The highest BCUT2D eigenvalue weighted by Crippen LogP contribution is 2.13. The number of pyridine rings is 1. The van der Waals surface area contributed by atoms with Crippen molar-refractivity contribution in [2.75, 3.05) is 11.9 Å². The highest BCUT2D eigenvalue weighted by atomic mass is 16.5. The predicted octanol–water partition coefficient (Wildman–Crippen LogP) is 1.13. The summed E-state index contributed by atoms with van der Waals surface area (Å²) >= 11 is 0. The normalized spacial score (nSPS) is 10.2. The zero-order valence-electron chi connectivity index (χ0n) is 10.8. The summed E-state index contributed by atoms with van der Waals surface area (Å²) in [5.41, 5.74) is 1.24. The maximum Gasteiger partial charge on any atom is 0.255 e. The lowest BCUT2D eigenvalue weighted by atomic mass is 10.2. The molecule has 0 aliphatic rings. The van der Waals surface area contributed by atoms with Crippen LogP contribution in [0.15, 0.2) is 23.0 Å². The Hall–Kier alpha value is -2.44. The fourth-order valence-corrected chi connectivity index (χ4v) is 1.59. The first-order chi connectivity index (χ1) is 9.20. The van der Waals surface area contributed by atoms with Crippen molar-refractivity contribution in [2.24, 2.45) is 0 Å². The second-order valence-electron chi connectivity index (χ2n) is 3.86. The number of amides is 1. The summed E-state index contributed by atoms with van der Waals surface area (Å²) in [5.74, 6) is 0.685. The van der Waals surface area contributed by atoms with Gasteiger partial charge in [-0.15, -0.1) is 0 Å². The van der Waals surface area contributed by atoms with Gasteiger partial charge >= 0.3 is 0 Å². The Balaban J connectivity index is 2.03. The van der Waals surface area contributed by atoms with Crippen molar-refractivity contribution in [2.45, 2.75) is 20.4 Å².